The molecule has 5 rings (SSSR count). The van der Waals surface area contributed by atoms with Gasteiger partial charge in [0.2, 0.25) is 0 Å². The van der Waals surface area contributed by atoms with E-state index in [1.807, 2.05) is 0 Å². The number of rotatable bonds is 6. The first-order chi connectivity index (χ1) is 16.8. The molecule has 1 heterocycles. The van der Waals surface area contributed by atoms with Crippen LogP contribution in [0.3, 0.4) is 0 Å². The third-order valence-corrected chi connectivity index (χ3v) is 10.0. The van der Waals surface area contributed by atoms with Crippen molar-refractivity contribution in [3.05, 3.63) is 29.9 Å². The lowest BCUT2D eigenvalue weighted by Gasteiger charge is -2.58. The van der Waals surface area contributed by atoms with E-state index in [0.717, 1.165) is 62.8 Å². The Morgan fingerprint density at radius 1 is 1.29 bits per heavy atom. The van der Waals surface area contributed by atoms with E-state index in [1.54, 1.807) is 12.5 Å². The number of nitrogens with zero attached hydrogens (tertiary/aromatic N) is 2. The van der Waals surface area contributed by atoms with E-state index in [1.165, 1.54) is 5.57 Å². The number of terminal acetylenes is 1. The summed E-state index contributed by atoms with van der Waals surface area (Å²) in [4.78, 5) is 24.5. The maximum absolute atomic E-state index is 12.1. The van der Waals surface area contributed by atoms with Gasteiger partial charge in [-0.25, -0.2) is 4.98 Å². The third-order valence-electron chi connectivity index (χ3n) is 10.0. The predicted molar refractivity (Wildman–Crippen MR) is 134 cm³/mol. The number of imidazole rings is 1. The smallest absolute Gasteiger partial charge is 0.260 e. The van der Waals surface area contributed by atoms with Gasteiger partial charge in [0, 0.05) is 30.3 Å². The van der Waals surface area contributed by atoms with Crippen molar-refractivity contribution in [2.45, 2.75) is 77.2 Å². The Morgan fingerprint density at radius 3 is 2.89 bits per heavy atom. The first-order valence-electron chi connectivity index (χ1n) is 13.1. The highest BCUT2D eigenvalue weighted by Crippen LogP contribution is 2.67. The molecular weight excluding hydrogens is 440 g/mol. The average molecular weight is 479 g/mol. The minimum absolute atomic E-state index is 0.0734. The summed E-state index contributed by atoms with van der Waals surface area (Å²) in [7, 11) is 0. The van der Waals surface area contributed by atoms with E-state index >= 15 is 0 Å². The Hall–Kier alpha value is -2.59. The van der Waals surface area contributed by atoms with Crippen LogP contribution in [-0.4, -0.2) is 45.4 Å². The molecule has 0 aliphatic heterocycles. The van der Waals surface area contributed by atoms with Crippen LogP contribution in [0.25, 0.3) is 0 Å². The summed E-state index contributed by atoms with van der Waals surface area (Å²) in [6, 6.07) is 0. The van der Waals surface area contributed by atoms with Crippen molar-refractivity contribution in [2.75, 3.05) is 13.2 Å². The number of hydrogen-bond acceptors (Lipinski definition) is 5. The number of nitrogens with one attached hydrogen (secondary N) is 2. The summed E-state index contributed by atoms with van der Waals surface area (Å²) in [6.45, 7) is 5.14. The number of oxime groups is 1. The van der Waals surface area contributed by atoms with Crippen LogP contribution in [-0.2, 0) is 16.1 Å². The van der Waals surface area contributed by atoms with Gasteiger partial charge in [-0.05, 0) is 80.6 Å². The number of aromatic nitrogens is 2. The van der Waals surface area contributed by atoms with Crippen LogP contribution < -0.4 is 5.32 Å². The normalized spacial score (nSPS) is 39.1. The molecule has 6 atom stereocenters. The van der Waals surface area contributed by atoms with Crippen molar-refractivity contribution in [3.8, 4) is 12.3 Å². The topological polar surface area (TPSA) is 99.6 Å². The number of fused-ring (bicyclic) bond motifs is 5. The monoisotopic (exact) mass is 478 g/mol. The molecule has 0 saturated heterocycles. The van der Waals surface area contributed by atoms with Gasteiger partial charge in [-0.1, -0.05) is 30.5 Å². The summed E-state index contributed by atoms with van der Waals surface area (Å²) >= 11 is 0. The molecule has 4 aliphatic rings. The van der Waals surface area contributed by atoms with Crippen LogP contribution in [0.15, 0.2) is 29.3 Å². The fraction of sp³-hybridized carbons (Fsp3) is 0.679. The zero-order chi connectivity index (χ0) is 24.7. The Morgan fingerprint density at radius 2 is 2.11 bits per heavy atom. The number of H-pyrrole nitrogens is 1. The molecule has 188 valence electrons. The van der Waals surface area contributed by atoms with Crippen molar-refractivity contribution in [3.63, 3.8) is 0 Å². The van der Waals surface area contributed by atoms with Gasteiger partial charge >= 0.3 is 0 Å². The molecule has 1 aromatic heterocycles. The summed E-state index contributed by atoms with van der Waals surface area (Å²) in [6.07, 6.45) is 20.2. The standard InChI is InChI=1S/C28H38N4O3/c1-4-28(34)13-9-24-22-6-5-19-15-20(7-11-26(19,2)23(22)8-12-27(24,28)3)32-35-17-25(33)30-14-10-21-16-29-18-31-21/h1,15-16,18,22-24,34H,5-14,17H2,2-3H3,(H,29,31)(H,30,33)/b32-20+/t22-,23-,24-,26+,27+,28-/m1/s1. The van der Waals surface area contributed by atoms with E-state index < -0.39 is 5.60 Å². The number of carbonyl (C=O) groups excluding carboxylic acids is 1. The van der Waals surface area contributed by atoms with Gasteiger partial charge in [0.1, 0.15) is 5.60 Å². The Bertz CT molecular complexity index is 1060. The average Bonchev–Trinajstić information content (AvgIpc) is 3.45. The number of aromatic amines is 1. The molecule has 1 aromatic rings. The van der Waals surface area contributed by atoms with Gasteiger partial charge in [0.15, 0.2) is 6.61 Å². The highest BCUT2D eigenvalue weighted by molar-refractivity contribution is 5.96. The minimum atomic E-state index is -0.950. The van der Waals surface area contributed by atoms with E-state index in [0.29, 0.717) is 30.7 Å². The Kier molecular flexibility index (Phi) is 6.29. The van der Waals surface area contributed by atoms with Crippen molar-refractivity contribution in [1.29, 1.82) is 0 Å². The fourth-order valence-electron chi connectivity index (χ4n) is 7.88. The fourth-order valence-corrected chi connectivity index (χ4v) is 7.88. The molecule has 0 spiro atoms. The molecule has 0 bridgehead atoms. The number of hydrogen-bond donors (Lipinski definition) is 3. The predicted octanol–water partition coefficient (Wildman–Crippen LogP) is 3.77. The minimum Gasteiger partial charge on any atom is -0.385 e. The van der Waals surface area contributed by atoms with Crippen LogP contribution in [0.1, 0.15) is 70.9 Å². The Labute approximate surface area is 208 Å². The largest absolute Gasteiger partial charge is 0.385 e. The van der Waals surface area contributed by atoms with Crippen LogP contribution in [0.2, 0.25) is 0 Å². The lowest BCUT2D eigenvalue weighted by Crippen LogP contribution is -2.54. The molecule has 0 unspecified atom stereocenters. The summed E-state index contributed by atoms with van der Waals surface area (Å²) < 4.78 is 0. The van der Waals surface area contributed by atoms with E-state index in [9.17, 15) is 9.90 Å². The molecule has 3 fully saturated rings. The van der Waals surface area contributed by atoms with Gasteiger partial charge in [0.05, 0.1) is 12.0 Å². The van der Waals surface area contributed by atoms with Crippen molar-refractivity contribution < 1.29 is 14.7 Å². The van der Waals surface area contributed by atoms with Crippen LogP contribution in [0.5, 0.6) is 0 Å². The first kappa shape index (κ1) is 24.1. The lowest BCUT2D eigenvalue weighted by atomic mass is 9.46. The van der Waals surface area contributed by atoms with Crippen molar-refractivity contribution in [2.24, 2.45) is 33.7 Å². The maximum Gasteiger partial charge on any atom is 0.260 e. The van der Waals surface area contributed by atoms with E-state index in [-0.39, 0.29) is 23.3 Å². The Balaban J connectivity index is 1.19. The lowest BCUT2D eigenvalue weighted by molar-refractivity contribution is -0.125. The molecule has 0 radical (unpaired) electrons. The van der Waals surface area contributed by atoms with E-state index in [4.69, 9.17) is 11.3 Å². The third kappa shape index (κ3) is 4.10. The molecule has 4 aliphatic carbocycles. The zero-order valence-corrected chi connectivity index (χ0v) is 21.0. The van der Waals surface area contributed by atoms with Crippen LogP contribution >= 0.6 is 0 Å². The van der Waals surface area contributed by atoms with Crippen molar-refractivity contribution >= 4 is 11.6 Å². The maximum atomic E-state index is 12.1. The van der Waals surface area contributed by atoms with Gasteiger partial charge in [0.25, 0.3) is 5.91 Å². The van der Waals surface area contributed by atoms with Crippen LogP contribution in [0, 0.1) is 40.9 Å². The summed E-state index contributed by atoms with van der Waals surface area (Å²) in [5.74, 6) is 4.36. The second kappa shape index (κ2) is 9.13. The molecular formula is C28H38N4O3. The number of carbonyl (C=O) groups is 1. The summed E-state index contributed by atoms with van der Waals surface area (Å²) in [5.41, 5.74) is 2.46. The number of aliphatic hydroxyl groups is 1. The highest BCUT2D eigenvalue weighted by atomic mass is 16.6. The van der Waals surface area contributed by atoms with Gasteiger partial charge < -0.3 is 20.2 Å². The number of allylic oxidation sites excluding steroid dienone is 2. The quantitative estimate of drug-likeness (QED) is 0.428. The first-order valence-corrected chi connectivity index (χ1v) is 13.1. The molecule has 3 saturated carbocycles. The molecule has 0 aromatic carbocycles. The van der Waals surface area contributed by atoms with E-state index in [2.05, 4.69) is 46.3 Å². The molecule has 7 nitrogen and oxygen atoms in total. The number of amides is 1. The van der Waals surface area contributed by atoms with Crippen LogP contribution in [0.4, 0.5) is 0 Å². The second-order valence-corrected chi connectivity index (χ2v) is 11.5. The SMILES string of the molecule is C#C[C@@]1(O)CC[C@@H]2[C@@H]3CCC4=C/C(=N/OCC(=O)NCCc5cnc[nH]5)CC[C@]4(C)[C@@H]3CC[C@@]21C. The van der Waals surface area contributed by atoms with Crippen molar-refractivity contribution in [1.82, 2.24) is 15.3 Å². The molecule has 1 amide bonds. The summed E-state index contributed by atoms with van der Waals surface area (Å²) in [5, 5.41) is 18.3. The highest BCUT2D eigenvalue weighted by Gasteiger charge is 2.63. The molecule has 35 heavy (non-hydrogen) atoms. The second-order valence-electron chi connectivity index (χ2n) is 11.5. The van der Waals surface area contributed by atoms with Gasteiger partial charge in [-0.3, -0.25) is 4.79 Å². The van der Waals surface area contributed by atoms with Gasteiger partial charge in [-0.15, -0.1) is 6.42 Å². The van der Waals surface area contributed by atoms with Gasteiger partial charge in [-0.2, -0.15) is 0 Å². The zero-order valence-electron chi connectivity index (χ0n) is 21.0. The molecule has 3 N–H and O–H groups in total. The molecule has 7 heteroatoms.